The molecule has 0 aliphatic rings. The normalized spacial score (nSPS) is 10.6. The van der Waals surface area contributed by atoms with Crippen molar-refractivity contribution in [2.45, 2.75) is 40.2 Å². The van der Waals surface area contributed by atoms with Gasteiger partial charge in [0, 0.05) is 36.3 Å². The van der Waals surface area contributed by atoms with Crippen molar-refractivity contribution >= 4 is 34.8 Å². The Kier molecular flexibility index (Phi) is 7.25. The predicted molar refractivity (Wildman–Crippen MR) is 110 cm³/mol. The summed E-state index contributed by atoms with van der Waals surface area (Å²) in [7, 11) is 0. The van der Waals surface area contributed by atoms with Crippen LogP contribution in [0, 0.1) is 6.92 Å². The molecule has 2 amide bonds. The van der Waals surface area contributed by atoms with Crippen LogP contribution in [0.25, 0.3) is 0 Å². The molecule has 0 unspecified atom stereocenters. The molecule has 144 valence electrons. The highest BCUT2D eigenvalue weighted by molar-refractivity contribution is 6.31. The first-order valence-electron chi connectivity index (χ1n) is 8.87. The van der Waals surface area contributed by atoms with Crippen LogP contribution in [0.4, 0.5) is 11.4 Å². The van der Waals surface area contributed by atoms with Crippen LogP contribution >= 0.6 is 11.6 Å². The molecular formula is C21H25ClN2O3. The van der Waals surface area contributed by atoms with Crippen LogP contribution in [0.3, 0.4) is 0 Å². The fourth-order valence-electron chi connectivity index (χ4n) is 2.54. The molecule has 0 heterocycles. The first kappa shape index (κ1) is 20.8. The number of benzene rings is 2. The van der Waals surface area contributed by atoms with Gasteiger partial charge < -0.3 is 15.0 Å². The summed E-state index contributed by atoms with van der Waals surface area (Å²) in [6, 6.07) is 12.6. The summed E-state index contributed by atoms with van der Waals surface area (Å²) in [5, 5.41) is 3.42. The molecule has 0 bridgehead atoms. The van der Waals surface area contributed by atoms with Crippen molar-refractivity contribution in [1.82, 2.24) is 0 Å². The molecule has 0 aromatic heterocycles. The zero-order valence-corrected chi connectivity index (χ0v) is 16.8. The van der Waals surface area contributed by atoms with E-state index in [1.807, 2.05) is 45.0 Å². The highest BCUT2D eigenvalue weighted by Crippen LogP contribution is 2.24. The number of nitrogens with one attached hydrogen (secondary N) is 1. The molecule has 1 N–H and O–H groups in total. The van der Waals surface area contributed by atoms with E-state index in [0.29, 0.717) is 16.4 Å². The lowest BCUT2D eigenvalue weighted by atomic mass is 10.2. The van der Waals surface area contributed by atoms with Gasteiger partial charge in [0.1, 0.15) is 5.75 Å². The molecule has 0 fully saturated rings. The fraction of sp³-hybridized carbons (Fsp3) is 0.333. The smallest absolute Gasteiger partial charge is 0.226 e. The van der Waals surface area contributed by atoms with E-state index in [2.05, 4.69) is 5.32 Å². The Balaban J connectivity index is 1.95. The van der Waals surface area contributed by atoms with Gasteiger partial charge in [-0.3, -0.25) is 9.59 Å². The van der Waals surface area contributed by atoms with E-state index >= 15 is 0 Å². The van der Waals surface area contributed by atoms with Gasteiger partial charge in [-0.15, -0.1) is 0 Å². The molecule has 2 aromatic carbocycles. The number of anilines is 2. The van der Waals surface area contributed by atoms with E-state index in [4.69, 9.17) is 16.3 Å². The highest BCUT2D eigenvalue weighted by atomic mass is 35.5. The summed E-state index contributed by atoms with van der Waals surface area (Å²) < 4.78 is 5.58. The molecule has 2 aromatic rings. The molecule has 6 heteroatoms. The van der Waals surface area contributed by atoms with Gasteiger partial charge in [0.05, 0.1) is 6.10 Å². The standard InChI is InChI=1S/C21H25ClN2O3/c1-14(2)27-19-9-6-17(7-10-19)23-21(26)11-12-24(16(4)25)18-8-5-15(3)20(22)13-18/h5-10,13-14H,11-12H2,1-4H3,(H,23,26). The molecular weight excluding hydrogens is 364 g/mol. The molecule has 0 saturated heterocycles. The number of aryl methyl sites for hydroxylation is 1. The molecule has 2 rings (SSSR count). The van der Waals surface area contributed by atoms with Gasteiger partial charge in [-0.05, 0) is 62.7 Å². The van der Waals surface area contributed by atoms with Gasteiger partial charge in [-0.2, -0.15) is 0 Å². The average Bonchev–Trinajstić information content (AvgIpc) is 2.59. The lowest BCUT2D eigenvalue weighted by Crippen LogP contribution is -2.32. The van der Waals surface area contributed by atoms with E-state index < -0.39 is 0 Å². The van der Waals surface area contributed by atoms with Gasteiger partial charge >= 0.3 is 0 Å². The second-order valence-corrected chi connectivity index (χ2v) is 7.00. The molecule has 0 radical (unpaired) electrons. The van der Waals surface area contributed by atoms with E-state index in [9.17, 15) is 9.59 Å². The predicted octanol–water partition coefficient (Wildman–Crippen LogP) is 4.82. The van der Waals surface area contributed by atoms with E-state index in [1.165, 1.54) is 6.92 Å². The summed E-state index contributed by atoms with van der Waals surface area (Å²) in [5.74, 6) is 0.442. The maximum absolute atomic E-state index is 12.2. The fourth-order valence-corrected chi connectivity index (χ4v) is 2.72. The average molecular weight is 389 g/mol. The Bertz CT molecular complexity index is 804. The van der Waals surface area contributed by atoms with Gasteiger partial charge in [-0.1, -0.05) is 17.7 Å². The number of amides is 2. The molecule has 0 atom stereocenters. The van der Waals surface area contributed by atoms with Crippen LogP contribution in [0.5, 0.6) is 5.75 Å². The monoisotopic (exact) mass is 388 g/mol. The quantitative estimate of drug-likeness (QED) is 0.739. The van der Waals surface area contributed by atoms with Crippen molar-refractivity contribution in [2.24, 2.45) is 0 Å². The topological polar surface area (TPSA) is 58.6 Å². The van der Waals surface area contributed by atoms with Gasteiger partial charge in [-0.25, -0.2) is 0 Å². The molecule has 0 spiro atoms. The minimum atomic E-state index is -0.169. The van der Waals surface area contributed by atoms with E-state index in [0.717, 1.165) is 11.3 Å². The van der Waals surface area contributed by atoms with Crippen LogP contribution in [-0.4, -0.2) is 24.5 Å². The van der Waals surface area contributed by atoms with Crippen LogP contribution in [-0.2, 0) is 9.59 Å². The van der Waals surface area contributed by atoms with Crippen LogP contribution in [0.2, 0.25) is 5.02 Å². The molecule has 0 aliphatic carbocycles. The number of carbonyl (C=O) groups excluding carboxylic acids is 2. The number of halogens is 1. The summed E-state index contributed by atoms with van der Waals surface area (Å²) in [4.78, 5) is 25.8. The summed E-state index contributed by atoms with van der Waals surface area (Å²) >= 11 is 6.15. The minimum absolute atomic E-state index is 0.0956. The lowest BCUT2D eigenvalue weighted by molar-refractivity contribution is -0.117. The molecule has 0 saturated carbocycles. The van der Waals surface area contributed by atoms with Crippen LogP contribution in [0.1, 0.15) is 32.8 Å². The van der Waals surface area contributed by atoms with Gasteiger partial charge in [0.25, 0.3) is 0 Å². The third-order valence-corrected chi connectivity index (χ3v) is 4.33. The number of nitrogens with zero attached hydrogens (tertiary/aromatic N) is 1. The van der Waals surface area contributed by atoms with Crippen molar-refractivity contribution in [2.75, 3.05) is 16.8 Å². The zero-order chi connectivity index (χ0) is 20.0. The Morgan fingerprint density at radius 1 is 1.15 bits per heavy atom. The highest BCUT2D eigenvalue weighted by Gasteiger charge is 2.14. The van der Waals surface area contributed by atoms with Crippen LogP contribution in [0.15, 0.2) is 42.5 Å². The van der Waals surface area contributed by atoms with Crippen molar-refractivity contribution < 1.29 is 14.3 Å². The number of rotatable bonds is 7. The second-order valence-electron chi connectivity index (χ2n) is 6.59. The lowest BCUT2D eigenvalue weighted by Gasteiger charge is -2.21. The second kappa shape index (κ2) is 9.42. The molecule has 27 heavy (non-hydrogen) atoms. The minimum Gasteiger partial charge on any atom is -0.491 e. The van der Waals surface area contributed by atoms with Crippen molar-refractivity contribution in [3.05, 3.63) is 53.1 Å². The number of hydrogen-bond donors (Lipinski definition) is 1. The van der Waals surface area contributed by atoms with E-state index in [-0.39, 0.29) is 30.9 Å². The van der Waals surface area contributed by atoms with Crippen molar-refractivity contribution in [1.29, 1.82) is 0 Å². The number of hydrogen-bond acceptors (Lipinski definition) is 3. The van der Waals surface area contributed by atoms with Crippen LogP contribution < -0.4 is 15.0 Å². The van der Waals surface area contributed by atoms with Crippen molar-refractivity contribution in [3.8, 4) is 5.75 Å². The Hall–Kier alpha value is -2.53. The summed E-state index contributed by atoms with van der Waals surface area (Å²) in [6.45, 7) is 7.55. The van der Waals surface area contributed by atoms with Gasteiger partial charge in [0.15, 0.2) is 0 Å². The maximum atomic E-state index is 12.2. The van der Waals surface area contributed by atoms with Gasteiger partial charge in [0.2, 0.25) is 11.8 Å². The third kappa shape index (κ3) is 6.29. The summed E-state index contributed by atoms with van der Waals surface area (Å²) in [5.41, 5.74) is 2.30. The maximum Gasteiger partial charge on any atom is 0.226 e. The molecule has 0 aliphatic heterocycles. The first-order valence-corrected chi connectivity index (χ1v) is 9.25. The third-order valence-electron chi connectivity index (χ3n) is 3.92. The summed E-state index contributed by atoms with van der Waals surface area (Å²) in [6.07, 6.45) is 0.272. The zero-order valence-electron chi connectivity index (χ0n) is 16.1. The first-order chi connectivity index (χ1) is 12.8. The van der Waals surface area contributed by atoms with E-state index in [1.54, 1.807) is 23.1 Å². The number of ether oxygens (including phenoxy) is 1. The largest absolute Gasteiger partial charge is 0.491 e. The SMILES string of the molecule is CC(=O)N(CCC(=O)Nc1ccc(OC(C)C)cc1)c1ccc(C)c(Cl)c1. The number of carbonyl (C=O) groups is 2. The Morgan fingerprint density at radius 2 is 1.81 bits per heavy atom. The molecule has 5 nitrogen and oxygen atoms in total. The Labute approximate surface area is 165 Å². The van der Waals surface area contributed by atoms with Crippen molar-refractivity contribution in [3.63, 3.8) is 0 Å². The Morgan fingerprint density at radius 3 is 2.37 bits per heavy atom.